The first-order chi connectivity index (χ1) is 9.19. The minimum absolute atomic E-state index is 0.0441. The predicted molar refractivity (Wildman–Crippen MR) is 78.1 cm³/mol. The van der Waals surface area contributed by atoms with Gasteiger partial charge in [0.1, 0.15) is 0 Å². The third-order valence-electron chi connectivity index (χ3n) is 3.10. The monoisotopic (exact) mass is 257 g/mol. The average molecular weight is 257 g/mol. The summed E-state index contributed by atoms with van der Waals surface area (Å²) in [5.74, 6) is -0.0441. The fourth-order valence-corrected chi connectivity index (χ4v) is 1.76. The highest BCUT2D eigenvalue weighted by atomic mass is 16.1. The Bertz CT molecular complexity index is 568. The molecule has 0 bridgehead atoms. The molecule has 4 heteroatoms. The largest absolute Gasteiger partial charge is 0.324 e. The van der Waals surface area contributed by atoms with Crippen molar-refractivity contribution >= 4 is 22.5 Å². The van der Waals surface area contributed by atoms with Crippen LogP contribution in [0.25, 0.3) is 10.9 Å². The molecular formula is C15H19N3O. The number of pyridine rings is 1. The summed E-state index contributed by atoms with van der Waals surface area (Å²) < 4.78 is 0. The molecule has 0 spiro atoms. The number of carbonyl (C=O) groups excluding carboxylic acids is 1. The number of rotatable bonds is 5. The zero-order valence-corrected chi connectivity index (χ0v) is 11.3. The Morgan fingerprint density at radius 3 is 2.95 bits per heavy atom. The Morgan fingerprint density at radius 2 is 2.16 bits per heavy atom. The Labute approximate surface area is 113 Å². The molecule has 0 aliphatic rings. The summed E-state index contributed by atoms with van der Waals surface area (Å²) in [5, 5.41) is 7.03. The van der Waals surface area contributed by atoms with Crippen molar-refractivity contribution in [1.29, 1.82) is 0 Å². The van der Waals surface area contributed by atoms with Crippen molar-refractivity contribution in [2.45, 2.75) is 26.3 Å². The molecule has 100 valence electrons. The van der Waals surface area contributed by atoms with Gasteiger partial charge in [0, 0.05) is 11.4 Å². The van der Waals surface area contributed by atoms with Gasteiger partial charge in [-0.2, -0.15) is 0 Å². The van der Waals surface area contributed by atoms with E-state index in [0.29, 0.717) is 12.6 Å². The minimum Gasteiger partial charge on any atom is -0.324 e. The lowest BCUT2D eigenvalue weighted by Crippen LogP contribution is -2.33. The van der Waals surface area contributed by atoms with Crippen LogP contribution in [0.1, 0.15) is 20.3 Å². The summed E-state index contributed by atoms with van der Waals surface area (Å²) in [6.07, 6.45) is 2.69. The molecule has 4 nitrogen and oxygen atoms in total. The predicted octanol–water partition coefficient (Wildman–Crippen LogP) is 2.56. The molecule has 2 aromatic rings. The van der Waals surface area contributed by atoms with E-state index in [2.05, 4.69) is 29.5 Å². The fraction of sp³-hybridized carbons (Fsp3) is 0.333. The number of benzene rings is 1. The van der Waals surface area contributed by atoms with Crippen LogP contribution >= 0.6 is 0 Å². The molecule has 0 fully saturated rings. The fourth-order valence-electron chi connectivity index (χ4n) is 1.76. The van der Waals surface area contributed by atoms with Gasteiger partial charge in [0.2, 0.25) is 5.91 Å². The Kier molecular flexibility index (Phi) is 4.47. The molecule has 2 rings (SSSR count). The van der Waals surface area contributed by atoms with Crippen LogP contribution < -0.4 is 10.6 Å². The minimum atomic E-state index is -0.0441. The number of anilines is 1. The van der Waals surface area contributed by atoms with Gasteiger partial charge in [-0.3, -0.25) is 9.78 Å². The number of carbonyl (C=O) groups is 1. The maximum absolute atomic E-state index is 11.8. The van der Waals surface area contributed by atoms with Crippen LogP contribution in [0.15, 0.2) is 36.5 Å². The van der Waals surface area contributed by atoms with Gasteiger partial charge in [-0.05, 0) is 25.5 Å². The summed E-state index contributed by atoms with van der Waals surface area (Å²) in [7, 11) is 0. The van der Waals surface area contributed by atoms with Crippen LogP contribution in [-0.4, -0.2) is 23.5 Å². The van der Waals surface area contributed by atoms with E-state index in [1.807, 2.05) is 30.3 Å². The van der Waals surface area contributed by atoms with E-state index >= 15 is 0 Å². The van der Waals surface area contributed by atoms with E-state index in [-0.39, 0.29) is 5.91 Å². The van der Waals surface area contributed by atoms with Crippen molar-refractivity contribution in [3.05, 3.63) is 36.5 Å². The van der Waals surface area contributed by atoms with Gasteiger partial charge in [0.15, 0.2) is 0 Å². The normalized spacial score (nSPS) is 12.3. The van der Waals surface area contributed by atoms with Crippen molar-refractivity contribution in [3.63, 3.8) is 0 Å². The number of hydrogen-bond donors (Lipinski definition) is 2. The summed E-state index contributed by atoms with van der Waals surface area (Å²) >= 11 is 0. The summed E-state index contributed by atoms with van der Waals surface area (Å²) in [6, 6.07) is 10.1. The van der Waals surface area contributed by atoms with Crippen LogP contribution in [-0.2, 0) is 4.79 Å². The van der Waals surface area contributed by atoms with Crippen LogP contribution in [0.4, 0.5) is 5.69 Å². The van der Waals surface area contributed by atoms with Crippen LogP contribution in [0.5, 0.6) is 0 Å². The third kappa shape index (κ3) is 3.76. The third-order valence-corrected chi connectivity index (χ3v) is 3.10. The number of aromatic nitrogens is 1. The van der Waals surface area contributed by atoms with E-state index in [4.69, 9.17) is 0 Å². The molecule has 0 saturated heterocycles. The number of amides is 1. The van der Waals surface area contributed by atoms with Gasteiger partial charge in [-0.1, -0.05) is 25.1 Å². The van der Waals surface area contributed by atoms with E-state index in [0.717, 1.165) is 23.0 Å². The second-order valence-corrected chi connectivity index (χ2v) is 4.66. The number of nitrogens with one attached hydrogen (secondary N) is 2. The van der Waals surface area contributed by atoms with Crippen molar-refractivity contribution in [1.82, 2.24) is 10.3 Å². The first-order valence-electron chi connectivity index (χ1n) is 6.57. The molecule has 0 radical (unpaired) electrons. The number of nitrogens with zero attached hydrogens (tertiary/aromatic N) is 1. The molecule has 1 unspecified atom stereocenters. The quantitative estimate of drug-likeness (QED) is 0.865. The highest BCUT2D eigenvalue weighted by Crippen LogP contribution is 2.15. The zero-order valence-electron chi connectivity index (χ0n) is 11.3. The highest BCUT2D eigenvalue weighted by molar-refractivity contribution is 5.94. The Morgan fingerprint density at radius 1 is 1.37 bits per heavy atom. The lowest BCUT2D eigenvalue weighted by Gasteiger charge is -2.11. The Hall–Kier alpha value is -1.94. The van der Waals surface area contributed by atoms with Gasteiger partial charge >= 0.3 is 0 Å². The van der Waals surface area contributed by atoms with Gasteiger partial charge in [0.05, 0.1) is 23.9 Å². The zero-order chi connectivity index (χ0) is 13.7. The first kappa shape index (κ1) is 13.5. The summed E-state index contributed by atoms with van der Waals surface area (Å²) in [6.45, 7) is 4.47. The molecule has 2 N–H and O–H groups in total. The lowest BCUT2D eigenvalue weighted by molar-refractivity contribution is -0.115. The Balaban J connectivity index is 1.99. The summed E-state index contributed by atoms with van der Waals surface area (Å²) in [5.41, 5.74) is 1.66. The molecule has 0 saturated carbocycles. The van der Waals surface area contributed by atoms with E-state index in [1.165, 1.54) is 0 Å². The second kappa shape index (κ2) is 6.29. The van der Waals surface area contributed by atoms with Crippen molar-refractivity contribution < 1.29 is 4.79 Å². The average Bonchev–Trinajstić information content (AvgIpc) is 2.44. The number of hydrogen-bond acceptors (Lipinski definition) is 3. The second-order valence-electron chi connectivity index (χ2n) is 4.66. The van der Waals surface area contributed by atoms with E-state index < -0.39 is 0 Å². The van der Waals surface area contributed by atoms with Gasteiger partial charge in [-0.15, -0.1) is 0 Å². The maximum Gasteiger partial charge on any atom is 0.238 e. The smallest absolute Gasteiger partial charge is 0.238 e. The molecule has 1 aromatic carbocycles. The molecule has 19 heavy (non-hydrogen) atoms. The number of fused-ring (bicyclic) bond motifs is 1. The van der Waals surface area contributed by atoms with Crippen molar-refractivity contribution in [2.75, 3.05) is 11.9 Å². The van der Waals surface area contributed by atoms with Crippen molar-refractivity contribution in [3.8, 4) is 0 Å². The summed E-state index contributed by atoms with van der Waals surface area (Å²) in [4.78, 5) is 16.1. The molecular weight excluding hydrogens is 238 g/mol. The number of para-hydroxylation sites is 1. The topological polar surface area (TPSA) is 54.0 Å². The van der Waals surface area contributed by atoms with Gasteiger partial charge < -0.3 is 10.6 Å². The van der Waals surface area contributed by atoms with Crippen LogP contribution in [0, 0.1) is 0 Å². The first-order valence-corrected chi connectivity index (χ1v) is 6.57. The standard InChI is InChI=1S/C15H19N3O/c1-3-11(2)16-10-15(19)18-13-8-12-6-4-5-7-14(12)17-9-13/h4-9,11,16H,3,10H2,1-2H3,(H,18,19). The molecule has 0 aliphatic carbocycles. The molecule has 1 aromatic heterocycles. The molecule has 1 amide bonds. The van der Waals surface area contributed by atoms with Crippen LogP contribution in [0.3, 0.4) is 0 Å². The highest BCUT2D eigenvalue weighted by Gasteiger charge is 2.05. The van der Waals surface area contributed by atoms with Crippen LogP contribution in [0.2, 0.25) is 0 Å². The van der Waals surface area contributed by atoms with E-state index in [9.17, 15) is 4.79 Å². The SMILES string of the molecule is CCC(C)NCC(=O)Nc1cnc2ccccc2c1. The van der Waals surface area contributed by atoms with Gasteiger partial charge in [0.25, 0.3) is 0 Å². The van der Waals surface area contributed by atoms with Gasteiger partial charge in [-0.25, -0.2) is 0 Å². The molecule has 1 atom stereocenters. The molecule has 0 aliphatic heterocycles. The molecule has 1 heterocycles. The lowest BCUT2D eigenvalue weighted by atomic mass is 10.2. The van der Waals surface area contributed by atoms with Crippen molar-refractivity contribution in [2.24, 2.45) is 0 Å². The maximum atomic E-state index is 11.8. The van der Waals surface area contributed by atoms with E-state index in [1.54, 1.807) is 6.20 Å².